The molecule has 1 heterocycles. The number of fused-ring (bicyclic) bond motifs is 1. The van der Waals surface area contributed by atoms with Crippen LogP contribution in [0.4, 0.5) is 11.4 Å². The molecule has 4 nitrogen and oxygen atoms in total. The van der Waals surface area contributed by atoms with E-state index in [0.717, 1.165) is 55.0 Å². The number of thioether (sulfide) groups is 1. The van der Waals surface area contributed by atoms with E-state index >= 15 is 0 Å². The smallest absolute Gasteiger partial charge is 0.237 e. The van der Waals surface area contributed by atoms with E-state index in [0.29, 0.717) is 5.75 Å². The summed E-state index contributed by atoms with van der Waals surface area (Å²) < 4.78 is 0. The van der Waals surface area contributed by atoms with Gasteiger partial charge in [0.1, 0.15) is 0 Å². The molecule has 0 radical (unpaired) electrons. The van der Waals surface area contributed by atoms with Gasteiger partial charge in [0, 0.05) is 30.6 Å². The number of unbranched alkanes of at least 4 members (excludes halogenated alkanes) is 2. The summed E-state index contributed by atoms with van der Waals surface area (Å²) in [6.07, 6.45) is 4.07. The third kappa shape index (κ3) is 4.28. The van der Waals surface area contributed by atoms with Crippen LogP contribution >= 0.6 is 11.8 Å². The Bertz CT molecular complexity index is 574. The first-order valence-electron chi connectivity index (χ1n) is 8.43. The molecule has 1 aliphatic rings. The third-order valence-electron chi connectivity index (χ3n) is 4.05. The molecule has 0 unspecified atom stereocenters. The minimum atomic E-state index is 0.0493. The maximum absolute atomic E-state index is 12.3. The van der Waals surface area contributed by atoms with Crippen molar-refractivity contribution in [3.8, 4) is 0 Å². The molecule has 0 N–H and O–H groups in total. The molecule has 0 aromatic heterocycles. The summed E-state index contributed by atoms with van der Waals surface area (Å²) in [5.41, 5.74) is 1.85. The van der Waals surface area contributed by atoms with Gasteiger partial charge in [-0.1, -0.05) is 26.7 Å². The fraction of sp³-hybridized carbons (Fsp3) is 0.556. The maximum atomic E-state index is 12.3. The maximum Gasteiger partial charge on any atom is 0.237 e. The molecule has 23 heavy (non-hydrogen) atoms. The number of carbonyl (C=O) groups excluding carboxylic acids is 2. The van der Waals surface area contributed by atoms with Crippen molar-refractivity contribution in [2.24, 2.45) is 0 Å². The van der Waals surface area contributed by atoms with E-state index < -0.39 is 0 Å². The van der Waals surface area contributed by atoms with E-state index in [2.05, 4.69) is 13.8 Å². The van der Waals surface area contributed by atoms with Gasteiger partial charge < -0.3 is 9.80 Å². The summed E-state index contributed by atoms with van der Waals surface area (Å²) >= 11 is 1.59. The largest absolute Gasteiger partial charge is 0.313 e. The molecule has 0 spiro atoms. The van der Waals surface area contributed by atoms with E-state index in [1.807, 2.05) is 28.0 Å². The van der Waals surface area contributed by atoms with Gasteiger partial charge >= 0.3 is 0 Å². The molecule has 0 aliphatic carbocycles. The molecule has 0 saturated carbocycles. The second kappa shape index (κ2) is 8.39. The van der Waals surface area contributed by atoms with Crippen molar-refractivity contribution in [1.29, 1.82) is 0 Å². The Morgan fingerprint density at radius 1 is 1.26 bits per heavy atom. The van der Waals surface area contributed by atoms with Crippen molar-refractivity contribution < 1.29 is 9.59 Å². The highest BCUT2D eigenvalue weighted by atomic mass is 32.2. The molecule has 1 aliphatic heterocycles. The summed E-state index contributed by atoms with van der Waals surface area (Å²) in [5.74, 6) is 0.715. The summed E-state index contributed by atoms with van der Waals surface area (Å²) in [5, 5.41) is 0. The quantitative estimate of drug-likeness (QED) is 0.754. The number of nitrogens with zero attached hydrogens (tertiary/aromatic N) is 2. The van der Waals surface area contributed by atoms with Crippen molar-refractivity contribution in [3.63, 3.8) is 0 Å². The van der Waals surface area contributed by atoms with Crippen molar-refractivity contribution in [2.75, 3.05) is 28.6 Å². The van der Waals surface area contributed by atoms with Gasteiger partial charge in [0.25, 0.3) is 0 Å². The lowest BCUT2D eigenvalue weighted by Crippen LogP contribution is -2.36. The molecule has 2 amide bonds. The molecule has 1 aromatic rings. The number of hydrogen-bond donors (Lipinski definition) is 0. The predicted octanol–water partition coefficient (Wildman–Crippen LogP) is 4.08. The minimum Gasteiger partial charge on any atom is -0.313 e. The third-order valence-corrected chi connectivity index (χ3v) is 5.10. The van der Waals surface area contributed by atoms with Gasteiger partial charge in [-0.05, 0) is 31.0 Å². The molecule has 126 valence electrons. The van der Waals surface area contributed by atoms with Gasteiger partial charge in [0.2, 0.25) is 11.8 Å². The Kier molecular flexibility index (Phi) is 6.51. The van der Waals surface area contributed by atoms with Gasteiger partial charge in [-0.25, -0.2) is 0 Å². The normalized spacial score (nSPS) is 13.9. The number of hydrogen-bond acceptors (Lipinski definition) is 3. The highest BCUT2D eigenvalue weighted by molar-refractivity contribution is 8.00. The zero-order valence-electron chi connectivity index (χ0n) is 14.3. The van der Waals surface area contributed by atoms with Crippen LogP contribution in [0.15, 0.2) is 23.1 Å². The van der Waals surface area contributed by atoms with Crippen LogP contribution in [-0.2, 0) is 9.59 Å². The zero-order valence-corrected chi connectivity index (χ0v) is 15.1. The predicted molar refractivity (Wildman–Crippen MR) is 97.4 cm³/mol. The molecule has 0 saturated heterocycles. The lowest BCUT2D eigenvalue weighted by Gasteiger charge is -2.31. The van der Waals surface area contributed by atoms with Gasteiger partial charge in [-0.2, -0.15) is 0 Å². The van der Waals surface area contributed by atoms with Crippen molar-refractivity contribution in [3.05, 3.63) is 18.2 Å². The second-order valence-electron chi connectivity index (χ2n) is 5.86. The lowest BCUT2D eigenvalue weighted by atomic mass is 10.2. The Labute approximate surface area is 143 Å². The van der Waals surface area contributed by atoms with E-state index in [1.54, 1.807) is 18.7 Å². The Balaban J connectivity index is 2.32. The zero-order chi connectivity index (χ0) is 16.8. The van der Waals surface area contributed by atoms with E-state index in [4.69, 9.17) is 0 Å². The molecule has 5 heteroatoms. The monoisotopic (exact) mass is 334 g/mol. The summed E-state index contributed by atoms with van der Waals surface area (Å²) in [6, 6.07) is 6.05. The summed E-state index contributed by atoms with van der Waals surface area (Å²) in [7, 11) is 0. The number of anilines is 2. The topological polar surface area (TPSA) is 40.6 Å². The summed E-state index contributed by atoms with van der Waals surface area (Å²) in [6.45, 7) is 7.32. The molecule has 0 bridgehead atoms. The minimum absolute atomic E-state index is 0.0493. The number of carbonyl (C=O) groups is 2. The van der Waals surface area contributed by atoms with E-state index in [1.165, 1.54) is 0 Å². The van der Waals surface area contributed by atoms with Crippen LogP contribution in [0.2, 0.25) is 0 Å². The van der Waals surface area contributed by atoms with E-state index in [-0.39, 0.29) is 11.8 Å². The van der Waals surface area contributed by atoms with Gasteiger partial charge in [0.05, 0.1) is 11.4 Å². The first kappa shape index (κ1) is 17.9. The highest BCUT2D eigenvalue weighted by Crippen LogP contribution is 2.38. The fourth-order valence-electron chi connectivity index (χ4n) is 2.70. The molecular weight excluding hydrogens is 308 g/mol. The van der Waals surface area contributed by atoms with Crippen molar-refractivity contribution >= 4 is 35.0 Å². The van der Waals surface area contributed by atoms with Crippen LogP contribution < -0.4 is 9.80 Å². The van der Waals surface area contributed by atoms with Crippen molar-refractivity contribution in [2.45, 2.75) is 51.3 Å². The number of amides is 2. The van der Waals surface area contributed by atoms with Crippen LogP contribution in [0.3, 0.4) is 0 Å². The summed E-state index contributed by atoms with van der Waals surface area (Å²) in [4.78, 5) is 29.1. The molecule has 2 rings (SSSR count). The van der Waals surface area contributed by atoms with E-state index in [9.17, 15) is 9.59 Å². The van der Waals surface area contributed by atoms with Gasteiger partial charge in [-0.3, -0.25) is 9.59 Å². The van der Waals surface area contributed by atoms with Crippen LogP contribution in [0.5, 0.6) is 0 Å². The van der Waals surface area contributed by atoms with Gasteiger partial charge in [0.15, 0.2) is 0 Å². The van der Waals surface area contributed by atoms with Gasteiger partial charge in [-0.15, -0.1) is 11.8 Å². The number of benzene rings is 1. The van der Waals surface area contributed by atoms with Crippen LogP contribution in [0.25, 0.3) is 0 Å². The Hall–Kier alpha value is -1.49. The number of rotatable bonds is 7. The lowest BCUT2D eigenvalue weighted by molar-refractivity contribution is -0.117. The van der Waals surface area contributed by atoms with Crippen molar-refractivity contribution in [1.82, 2.24) is 0 Å². The van der Waals surface area contributed by atoms with Crippen LogP contribution in [-0.4, -0.2) is 30.7 Å². The Morgan fingerprint density at radius 3 is 2.65 bits per heavy atom. The highest BCUT2D eigenvalue weighted by Gasteiger charge is 2.25. The molecule has 0 atom stereocenters. The second-order valence-corrected chi connectivity index (χ2v) is 6.88. The first-order valence-corrected chi connectivity index (χ1v) is 9.42. The molecule has 0 fully saturated rings. The SMILES string of the molecule is CCCCN(C(C)=O)c1ccc2c(c1)N(CCCC)C(=O)CS2. The molecular formula is C18H26N2O2S. The average molecular weight is 334 g/mol. The Morgan fingerprint density at radius 2 is 2.00 bits per heavy atom. The first-order chi connectivity index (χ1) is 11.1. The fourth-order valence-corrected chi connectivity index (χ4v) is 3.62. The molecule has 1 aromatic carbocycles. The van der Waals surface area contributed by atoms with Crippen LogP contribution in [0.1, 0.15) is 46.5 Å². The standard InChI is InChI=1S/C18H26N2O2S/c1-4-6-10-19(14(3)21)15-8-9-17-16(12-15)20(11-7-5-2)18(22)13-23-17/h8-9,12H,4-7,10-11,13H2,1-3H3. The average Bonchev–Trinajstić information content (AvgIpc) is 2.54. The van der Waals surface area contributed by atoms with Crippen LogP contribution in [0, 0.1) is 0 Å².